The average molecular weight is 221 g/mol. The van der Waals surface area contributed by atoms with Crippen LogP contribution < -0.4 is 10.1 Å². The monoisotopic (exact) mass is 221 g/mol. The lowest BCUT2D eigenvalue weighted by Gasteiger charge is -2.06. The van der Waals surface area contributed by atoms with Crippen molar-refractivity contribution in [3.8, 4) is 11.5 Å². The van der Waals surface area contributed by atoms with E-state index in [9.17, 15) is 9.90 Å². The maximum atomic E-state index is 11.7. The Morgan fingerprint density at radius 3 is 2.75 bits per heavy atom. The van der Waals surface area contributed by atoms with Crippen molar-refractivity contribution in [2.75, 3.05) is 7.11 Å². The lowest BCUT2D eigenvalue weighted by Crippen LogP contribution is -2.26. The fraction of sp³-hybridized carbons (Fsp3) is 0.417. The summed E-state index contributed by atoms with van der Waals surface area (Å²) < 4.78 is 4.91. The number of aromatic hydroxyl groups is 1. The number of carbonyl (C=O) groups is 1. The van der Waals surface area contributed by atoms with Crippen LogP contribution in [-0.2, 0) is 0 Å². The van der Waals surface area contributed by atoms with Gasteiger partial charge in [-0.3, -0.25) is 4.79 Å². The van der Waals surface area contributed by atoms with Gasteiger partial charge in [-0.05, 0) is 30.5 Å². The second-order valence-electron chi connectivity index (χ2n) is 4.18. The molecular weight excluding hydrogens is 206 g/mol. The van der Waals surface area contributed by atoms with E-state index in [1.807, 2.05) is 0 Å². The molecule has 0 aliphatic heterocycles. The number of hydrogen-bond donors (Lipinski definition) is 2. The molecule has 1 amide bonds. The van der Waals surface area contributed by atoms with E-state index in [4.69, 9.17) is 4.74 Å². The molecular formula is C12H15NO3. The predicted octanol–water partition coefficient (Wildman–Crippen LogP) is 1.54. The number of nitrogens with one attached hydrogen (secondary N) is 1. The van der Waals surface area contributed by atoms with Gasteiger partial charge in [0.1, 0.15) is 0 Å². The van der Waals surface area contributed by atoms with E-state index in [0.29, 0.717) is 17.2 Å². The summed E-state index contributed by atoms with van der Waals surface area (Å²) in [6, 6.07) is 4.93. The van der Waals surface area contributed by atoms with E-state index in [1.165, 1.54) is 13.2 Å². The van der Waals surface area contributed by atoms with E-state index >= 15 is 0 Å². The molecule has 86 valence electrons. The lowest BCUT2D eigenvalue weighted by atomic mass is 10.2. The first kappa shape index (κ1) is 10.8. The van der Waals surface area contributed by atoms with Crippen LogP contribution in [0.2, 0.25) is 0 Å². The van der Waals surface area contributed by atoms with Crippen LogP contribution in [0.5, 0.6) is 11.5 Å². The standard InChI is InChI=1S/C12H15NO3/c1-7-5-9(7)13-12(15)8-3-4-11(16-2)10(14)6-8/h3-4,6-7,9,14H,5H2,1-2H3,(H,13,15). The van der Waals surface area contributed by atoms with E-state index in [2.05, 4.69) is 12.2 Å². The summed E-state index contributed by atoms with van der Waals surface area (Å²) in [5.41, 5.74) is 0.456. The first-order valence-corrected chi connectivity index (χ1v) is 5.29. The molecule has 0 bridgehead atoms. The zero-order valence-electron chi connectivity index (χ0n) is 9.36. The van der Waals surface area contributed by atoms with E-state index < -0.39 is 0 Å². The van der Waals surface area contributed by atoms with Gasteiger partial charge in [0.25, 0.3) is 5.91 Å². The molecule has 0 heterocycles. The van der Waals surface area contributed by atoms with Crippen LogP contribution in [0, 0.1) is 5.92 Å². The van der Waals surface area contributed by atoms with Gasteiger partial charge in [-0.15, -0.1) is 0 Å². The molecule has 2 rings (SSSR count). The molecule has 0 aromatic heterocycles. The largest absolute Gasteiger partial charge is 0.504 e. The highest BCUT2D eigenvalue weighted by molar-refractivity contribution is 5.95. The Labute approximate surface area is 94.2 Å². The molecule has 1 aliphatic carbocycles. The minimum Gasteiger partial charge on any atom is -0.504 e. The first-order chi connectivity index (χ1) is 7.61. The SMILES string of the molecule is COc1ccc(C(=O)NC2CC2C)cc1O. The second-order valence-corrected chi connectivity index (χ2v) is 4.18. The van der Waals surface area contributed by atoms with Gasteiger partial charge in [0.05, 0.1) is 7.11 Å². The summed E-state index contributed by atoms with van der Waals surface area (Å²) in [6.45, 7) is 2.09. The number of phenolic OH excluding ortho intramolecular Hbond substituents is 1. The Morgan fingerprint density at radius 1 is 1.56 bits per heavy atom. The molecule has 0 saturated heterocycles. The van der Waals surface area contributed by atoms with Crippen LogP contribution in [0.25, 0.3) is 0 Å². The van der Waals surface area contributed by atoms with Crippen LogP contribution in [0.4, 0.5) is 0 Å². The Morgan fingerprint density at radius 2 is 2.25 bits per heavy atom. The molecule has 1 fully saturated rings. The van der Waals surface area contributed by atoms with Crippen molar-refractivity contribution in [2.24, 2.45) is 5.92 Å². The summed E-state index contributed by atoms with van der Waals surface area (Å²) >= 11 is 0. The molecule has 2 unspecified atom stereocenters. The van der Waals surface area contributed by atoms with Gasteiger partial charge < -0.3 is 15.2 Å². The Bertz CT molecular complexity index is 417. The number of ether oxygens (including phenoxy) is 1. The zero-order valence-corrected chi connectivity index (χ0v) is 9.36. The van der Waals surface area contributed by atoms with Crippen LogP contribution in [0.1, 0.15) is 23.7 Å². The van der Waals surface area contributed by atoms with Crippen molar-refractivity contribution in [2.45, 2.75) is 19.4 Å². The van der Waals surface area contributed by atoms with Crippen molar-refractivity contribution in [1.82, 2.24) is 5.32 Å². The van der Waals surface area contributed by atoms with Crippen molar-refractivity contribution in [1.29, 1.82) is 0 Å². The molecule has 4 nitrogen and oxygen atoms in total. The summed E-state index contributed by atoms with van der Waals surface area (Å²) in [6.07, 6.45) is 1.04. The topological polar surface area (TPSA) is 58.6 Å². The molecule has 1 aromatic carbocycles. The van der Waals surface area contributed by atoms with Gasteiger partial charge in [-0.2, -0.15) is 0 Å². The molecule has 16 heavy (non-hydrogen) atoms. The van der Waals surface area contributed by atoms with Crippen molar-refractivity contribution >= 4 is 5.91 Å². The Balaban J connectivity index is 2.08. The molecule has 0 radical (unpaired) electrons. The average Bonchev–Trinajstić information content (AvgIpc) is 2.94. The summed E-state index contributed by atoms with van der Waals surface area (Å²) in [5, 5.41) is 12.4. The van der Waals surface area contributed by atoms with Gasteiger partial charge in [-0.25, -0.2) is 0 Å². The third kappa shape index (κ3) is 2.10. The number of phenols is 1. The summed E-state index contributed by atoms with van der Waals surface area (Å²) in [5.74, 6) is 0.776. The van der Waals surface area contributed by atoms with Crippen LogP contribution in [0.3, 0.4) is 0 Å². The molecule has 1 aromatic rings. The number of benzene rings is 1. The van der Waals surface area contributed by atoms with E-state index in [-0.39, 0.29) is 17.7 Å². The molecule has 4 heteroatoms. The highest BCUT2D eigenvalue weighted by Gasteiger charge is 2.34. The van der Waals surface area contributed by atoms with Gasteiger partial charge in [0.2, 0.25) is 0 Å². The number of rotatable bonds is 3. The zero-order chi connectivity index (χ0) is 11.7. The second kappa shape index (κ2) is 4.04. The smallest absolute Gasteiger partial charge is 0.251 e. The normalized spacial score (nSPS) is 22.6. The minimum absolute atomic E-state index is 0.0148. The van der Waals surface area contributed by atoms with Crippen LogP contribution in [0.15, 0.2) is 18.2 Å². The maximum absolute atomic E-state index is 11.7. The summed E-state index contributed by atoms with van der Waals surface area (Å²) in [7, 11) is 1.47. The third-order valence-corrected chi connectivity index (χ3v) is 2.87. The Kier molecular flexibility index (Phi) is 2.73. The molecule has 2 atom stereocenters. The van der Waals surface area contributed by atoms with Crippen LogP contribution in [-0.4, -0.2) is 24.2 Å². The maximum Gasteiger partial charge on any atom is 0.251 e. The highest BCUT2D eigenvalue weighted by Crippen LogP contribution is 2.30. The molecule has 1 aliphatic rings. The molecule has 1 saturated carbocycles. The van der Waals surface area contributed by atoms with Crippen molar-refractivity contribution in [3.63, 3.8) is 0 Å². The fourth-order valence-corrected chi connectivity index (χ4v) is 1.61. The minimum atomic E-state index is -0.146. The number of carbonyl (C=O) groups excluding carboxylic acids is 1. The quantitative estimate of drug-likeness (QED) is 0.814. The van der Waals surface area contributed by atoms with Crippen molar-refractivity contribution in [3.05, 3.63) is 23.8 Å². The number of amides is 1. The van der Waals surface area contributed by atoms with E-state index in [0.717, 1.165) is 6.42 Å². The highest BCUT2D eigenvalue weighted by atomic mass is 16.5. The first-order valence-electron chi connectivity index (χ1n) is 5.29. The van der Waals surface area contributed by atoms with Gasteiger partial charge in [0.15, 0.2) is 11.5 Å². The van der Waals surface area contributed by atoms with Crippen molar-refractivity contribution < 1.29 is 14.6 Å². The third-order valence-electron chi connectivity index (χ3n) is 2.87. The van der Waals surface area contributed by atoms with Gasteiger partial charge in [0, 0.05) is 11.6 Å². The predicted molar refractivity (Wildman–Crippen MR) is 59.7 cm³/mol. The lowest BCUT2D eigenvalue weighted by molar-refractivity contribution is 0.0949. The van der Waals surface area contributed by atoms with E-state index in [1.54, 1.807) is 12.1 Å². The summed E-state index contributed by atoms with van der Waals surface area (Å²) in [4.78, 5) is 11.7. The Hall–Kier alpha value is -1.71. The van der Waals surface area contributed by atoms with Gasteiger partial charge >= 0.3 is 0 Å². The number of methoxy groups -OCH3 is 1. The number of hydrogen-bond acceptors (Lipinski definition) is 3. The van der Waals surface area contributed by atoms with Crippen LogP contribution >= 0.6 is 0 Å². The van der Waals surface area contributed by atoms with Gasteiger partial charge in [-0.1, -0.05) is 6.92 Å². The molecule has 2 N–H and O–H groups in total. The molecule has 0 spiro atoms. The fourth-order valence-electron chi connectivity index (χ4n) is 1.61.